The van der Waals surface area contributed by atoms with Crippen molar-refractivity contribution in [3.8, 4) is 0 Å². The average Bonchev–Trinajstić information content (AvgIpc) is 2.94. The van der Waals surface area contributed by atoms with Gasteiger partial charge in [0.05, 0.1) is 17.1 Å². The summed E-state index contributed by atoms with van der Waals surface area (Å²) in [4.78, 5) is 70.2. The lowest BCUT2D eigenvalue weighted by atomic mass is 10.1. The zero-order valence-electron chi connectivity index (χ0n) is 16.0. The van der Waals surface area contributed by atoms with E-state index in [0.29, 0.717) is 11.3 Å². The van der Waals surface area contributed by atoms with Crippen molar-refractivity contribution in [2.75, 3.05) is 26.3 Å². The second-order valence-corrected chi connectivity index (χ2v) is 6.07. The fraction of sp³-hybridized carbons (Fsp3) is 0.389. The molecule has 2 rings (SSSR count). The van der Waals surface area contributed by atoms with E-state index >= 15 is 0 Å². The Morgan fingerprint density at radius 2 is 1.87 bits per heavy atom. The van der Waals surface area contributed by atoms with Crippen molar-refractivity contribution in [1.82, 2.24) is 10.2 Å². The first-order valence-electron chi connectivity index (χ1n) is 8.97. The molecule has 1 heterocycles. The third-order valence-corrected chi connectivity index (χ3v) is 4.01. The van der Waals surface area contributed by atoms with Gasteiger partial charge >= 0.3 is 11.9 Å². The van der Waals surface area contributed by atoms with Gasteiger partial charge in [-0.3, -0.25) is 39.0 Å². The summed E-state index contributed by atoms with van der Waals surface area (Å²) in [6.45, 7) is 0.664. The molecule has 0 aliphatic carbocycles. The Labute approximate surface area is 170 Å². The number of imide groups is 1. The summed E-state index contributed by atoms with van der Waals surface area (Å²) in [5.41, 5.74) is -1.11. The predicted octanol–water partition coefficient (Wildman–Crippen LogP) is 0.194. The first-order chi connectivity index (χ1) is 14.3. The van der Waals surface area contributed by atoms with Gasteiger partial charge in [0.15, 0.2) is 6.61 Å². The molecule has 0 saturated carbocycles. The van der Waals surface area contributed by atoms with Crippen molar-refractivity contribution >= 4 is 35.3 Å². The van der Waals surface area contributed by atoms with Gasteiger partial charge in [-0.1, -0.05) is 6.07 Å². The average molecular weight is 421 g/mol. The zero-order valence-corrected chi connectivity index (χ0v) is 16.0. The summed E-state index contributed by atoms with van der Waals surface area (Å²) in [7, 11) is 0. The highest BCUT2D eigenvalue weighted by atomic mass is 16.6. The largest absolute Gasteiger partial charge is 0.466 e. The molecule has 0 radical (unpaired) electrons. The Morgan fingerprint density at radius 1 is 1.13 bits per heavy atom. The molecule has 0 bridgehead atoms. The van der Waals surface area contributed by atoms with Crippen LogP contribution in [-0.2, 0) is 23.9 Å². The van der Waals surface area contributed by atoms with Gasteiger partial charge in [-0.15, -0.1) is 0 Å². The number of nitrogens with one attached hydrogen (secondary N) is 1. The van der Waals surface area contributed by atoms with E-state index in [1.165, 1.54) is 12.1 Å². The molecule has 1 aromatic rings. The van der Waals surface area contributed by atoms with Crippen LogP contribution in [0, 0.1) is 10.1 Å². The standard InChI is InChI=1S/C18H19N3O9/c1-2-29-14(23)7-4-8-19-13(22)10-30-15(24)9-20-17(25)11-5-3-6-12(21(27)28)16(11)18(20)26/h3,5-6H,2,4,7-10H2,1H3,(H,19,22). The smallest absolute Gasteiger partial charge is 0.326 e. The number of nitro groups is 1. The van der Waals surface area contributed by atoms with Crippen molar-refractivity contribution in [3.05, 3.63) is 39.4 Å². The number of hydrogen-bond donors (Lipinski definition) is 1. The lowest BCUT2D eigenvalue weighted by Gasteiger charge is -2.13. The van der Waals surface area contributed by atoms with E-state index in [4.69, 9.17) is 9.47 Å². The number of esters is 2. The number of benzene rings is 1. The van der Waals surface area contributed by atoms with E-state index in [2.05, 4.69) is 5.32 Å². The fourth-order valence-corrected chi connectivity index (χ4v) is 2.68. The van der Waals surface area contributed by atoms with Gasteiger partial charge in [-0.25, -0.2) is 0 Å². The van der Waals surface area contributed by atoms with Crippen LogP contribution in [0.2, 0.25) is 0 Å². The van der Waals surface area contributed by atoms with Crippen molar-refractivity contribution in [2.24, 2.45) is 0 Å². The minimum Gasteiger partial charge on any atom is -0.466 e. The van der Waals surface area contributed by atoms with Crippen molar-refractivity contribution in [3.63, 3.8) is 0 Å². The summed E-state index contributed by atoms with van der Waals surface area (Å²) in [6, 6.07) is 3.59. The summed E-state index contributed by atoms with van der Waals surface area (Å²) in [5.74, 6) is -3.90. The van der Waals surface area contributed by atoms with Gasteiger partial charge < -0.3 is 14.8 Å². The summed E-state index contributed by atoms with van der Waals surface area (Å²) >= 11 is 0. The molecule has 0 atom stereocenters. The van der Waals surface area contributed by atoms with Crippen LogP contribution in [0.1, 0.15) is 40.5 Å². The highest BCUT2D eigenvalue weighted by Crippen LogP contribution is 2.30. The topological polar surface area (TPSA) is 162 Å². The van der Waals surface area contributed by atoms with Gasteiger partial charge in [0.1, 0.15) is 12.1 Å². The van der Waals surface area contributed by atoms with Crippen LogP contribution in [0.3, 0.4) is 0 Å². The highest BCUT2D eigenvalue weighted by Gasteiger charge is 2.41. The molecule has 1 N–H and O–H groups in total. The van der Waals surface area contributed by atoms with E-state index in [1.807, 2.05) is 0 Å². The fourth-order valence-electron chi connectivity index (χ4n) is 2.68. The Morgan fingerprint density at radius 3 is 2.53 bits per heavy atom. The third-order valence-electron chi connectivity index (χ3n) is 4.01. The SMILES string of the molecule is CCOC(=O)CCCNC(=O)COC(=O)CN1C(=O)c2cccc([N+](=O)[O-])c2C1=O. The van der Waals surface area contributed by atoms with Gasteiger partial charge in [0.25, 0.3) is 23.4 Å². The summed E-state index contributed by atoms with van der Waals surface area (Å²) in [5, 5.41) is 13.5. The van der Waals surface area contributed by atoms with E-state index < -0.39 is 47.5 Å². The predicted molar refractivity (Wildman–Crippen MR) is 98.3 cm³/mol. The molecule has 0 saturated heterocycles. The molecule has 0 aromatic heterocycles. The highest BCUT2D eigenvalue weighted by molar-refractivity contribution is 6.24. The van der Waals surface area contributed by atoms with Gasteiger partial charge in [0, 0.05) is 19.0 Å². The lowest BCUT2D eigenvalue weighted by Crippen LogP contribution is -2.37. The molecule has 3 amide bonds. The maximum Gasteiger partial charge on any atom is 0.326 e. The van der Waals surface area contributed by atoms with Crippen molar-refractivity contribution < 1.29 is 38.4 Å². The second-order valence-electron chi connectivity index (χ2n) is 6.07. The normalized spacial score (nSPS) is 12.4. The molecular weight excluding hydrogens is 402 g/mol. The minimum absolute atomic E-state index is 0.125. The van der Waals surface area contributed by atoms with E-state index in [1.54, 1.807) is 6.92 Å². The van der Waals surface area contributed by atoms with Crippen molar-refractivity contribution in [1.29, 1.82) is 0 Å². The number of fused-ring (bicyclic) bond motifs is 1. The van der Waals surface area contributed by atoms with Crippen LogP contribution in [0.4, 0.5) is 5.69 Å². The second kappa shape index (κ2) is 10.1. The Hall–Kier alpha value is -3.83. The molecule has 0 spiro atoms. The molecule has 1 aliphatic heterocycles. The van der Waals surface area contributed by atoms with Crippen LogP contribution in [0.25, 0.3) is 0 Å². The molecule has 160 valence electrons. The zero-order chi connectivity index (χ0) is 22.3. The molecule has 12 nitrogen and oxygen atoms in total. The van der Waals surface area contributed by atoms with Gasteiger partial charge in [-0.2, -0.15) is 0 Å². The van der Waals surface area contributed by atoms with E-state index in [0.717, 1.165) is 6.07 Å². The van der Waals surface area contributed by atoms with Crippen LogP contribution in [0.15, 0.2) is 18.2 Å². The Balaban J connectivity index is 1.81. The molecule has 0 fully saturated rings. The first-order valence-corrected chi connectivity index (χ1v) is 8.97. The molecule has 0 unspecified atom stereocenters. The van der Waals surface area contributed by atoms with Crippen LogP contribution >= 0.6 is 0 Å². The van der Waals surface area contributed by atoms with E-state index in [9.17, 15) is 34.1 Å². The Kier molecular flexibility index (Phi) is 7.56. The van der Waals surface area contributed by atoms with Crippen LogP contribution in [0.5, 0.6) is 0 Å². The Bertz CT molecular complexity index is 897. The van der Waals surface area contributed by atoms with Gasteiger partial charge in [0.2, 0.25) is 0 Å². The number of ether oxygens (including phenoxy) is 2. The quantitative estimate of drug-likeness (QED) is 0.183. The van der Waals surface area contributed by atoms with Gasteiger partial charge in [-0.05, 0) is 19.4 Å². The van der Waals surface area contributed by atoms with Crippen LogP contribution in [-0.4, -0.2) is 65.8 Å². The molecule has 1 aromatic carbocycles. The maximum absolute atomic E-state index is 12.4. The lowest BCUT2D eigenvalue weighted by molar-refractivity contribution is -0.385. The number of nitro benzene ring substituents is 1. The number of amides is 3. The minimum atomic E-state index is -1.03. The van der Waals surface area contributed by atoms with Crippen LogP contribution < -0.4 is 5.32 Å². The molecule has 30 heavy (non-hydrogen) atoms. The number of nitrogens with zero attached hydrogens (tertiary/aromatic N) is 2. The first kappa shape index (κ1) is 22.5. The third kappa shape index (κ3) is 5.37. The molecular formula is C18H19N3O9. The number of carbonyl (C=O) groups excluding carboxylic acids is 5. The summed E-state index contributed by atoms with van der Waals surface area (Å²) < 4.78 is 9.47. The molecule has 12 heteroatoms. The van der Waals surface area contributed by atoms with Crippen molar-refractivity contribution in [2.45, 2.75) is 19.8 Å². The molecule has 1 aliphatic rings. The maximum atomic E-state index is 12.4. The number of carbonyl (C=O) groups is 5. The number of hydrogen-bond acceptors (Lipinski definition) is 9. The van der Waals surface area contributed by atoms with E-state index in [-0.39, 0.29) is 36.7 Å². The monoisotopic (exact) mass is 421 g/mol. The summed E-state index contributed by atoms with van der Waals surface area (Å²) in [6.07, 6.45) is 0.464. The number of rotatable bonds is 10.